The molecule has 2 amide bonds. The number of nitrogens with zero attached hydrogens (tertiary/aromatic N) is 2. The summed E-state index contributed by atoms with van der Waals surface area (Å²) < 4.78 is 32.3. The van der Waals surface area contributed by atoms with Crippen LogP contribution >= 0.6 is 0 Å². The third-order valence-corrected chi connectivity index (χ3v) is 6.92. The number of anilines is 1. The highest BCUT2D eigenvalue weighted by Gasteiger charge is 2.33. The number of carbonyl (C=O) groups excluding carboxylic acids is 2. The molecule has 1 aromatic carbocycles. The van der Waals surface area contributed by atoms with E-state index in [-0.39, 0.29) is 36.2 Å². The van der Waals surface area contributed by atoms with Crippen LogP contribution in [-0.4, -0.2) is 56.3 Å². The maximum Gasteiger partial charge on any atom is 0.243 e. The number of piperidine rings is 1. The average molecular weight is 447 g/mol. The molecule has 1 aliphatic rings. The summed E-state index contributed by atoms with van der Waals surface area (Å²) in [5.41, 5.74) is 0. The first-order valence-electron chi connectivity index (χ1n) is 10.0. The van der Waals surface area contributed by atoms with E-state index >= 15 is 0 Å². The second kappa shape index (κ2) is 10.4. The second-order valence-corrected chi connectivity index (χ2v) is 9.12. The van der Waals surface area contributed by atoms with E-state index in [0.717, 1.165) is 0 Å². The lowest BCUT2D eigenvalue weighted by Crippen LogP contribution is -2.45. The SMILES string of the molecule is COc1ccc(S(=O)(=O)N2CCC[C@H](C(=O)NCCC(=O)Nc3ccccn3)C2)cc1. The lowest BCUT2D eigenvalue weighted by atomic mass is 9.99. The molecule has 166 valence electrons. The number of amides is 2. The molecule has 1 fully saturated rings. The predicted octanol–water partition coefficient (Wildman–Crippen LogP) is 1.64. The van der Waals surface area contributed by atoms with Gasteiger partial charge in [0.25, 0.3) is 0 Å². The molecule has 9 nitrogen and oxygen atoms in total. The molecule has 3 rings (SSSR count). The van der Waals surface area contributed by atoms with Crippen molar-refractivity contribution in [3.05, 3.63) is 48.7 Å². The first-order chi connectivity index (χ1) is 14.9. The number of rotatable bonds is 8. The number of methoxy groups -OCH3 is 1. The molecule has 0 spiro atoms. The summed E-state index contributed by atoms with van der Waals surface area (Å²) in [5, 5.41) is 5.39. The number of nitrogens with one attached hydrogen (secondary N) is 2. The van der Waals surface area contributed by atoms with E-state index in [4.69, 9.17) is 4.74 Å². The zero-order chi connectivity index (χ0) is 22.3. The van der Waals surface area contributed by atoms with Gasteiger partial charge in [-0.05, 0) is 49.2 Å². The van der Waals surface area contributed by atoms with Gasteiger partial charge in [0.05, 0.1) is 17.9 Å². The lowest BCUT2D eigenvalue weighted by molar-refractivity contribution is -0.126. The first-order valence-corrected chi connectivity index (χ1v) is 11.5. The third kappa shape index (κ3) is 6.02. The van der Waals surface area contributed by atoms with E-state index in [2.05, 4.69) is 15.6 Å². The van der Waals surface area contributed by atoms with Crippen molar-refractivity contribution in [3.8, 4) is 5.75 Å². The smallest absolute Gasteiger partial charge is 0.243 e. The van der Waals surface area contributed by atoms with Crippen LogP contribution in [0.15, 0.2) is 53.6 Å². The van der Waals surface area contributed by atoms with Crippen molar-refractivity contribution < 1.29 is 22.7 Å². The fourth-order valence-corrected chi connectivity index (χ4v) is 4.88. The molecule has 2 aromatic rings. The highest BCUT2D eigenvalue weighted by Crippen LogP contribution is 2.25. The predicted molar refractivity (Wildman–Crippen MR) is 115 cm³/mol. The Hall–Kier alpha value is -2.98. The van der Waals surface area contributed by atoms with Crippen LogP contribution in [0, 0.1) is 5.92 Å². The Bertz CT molecular complexity index is 996. The highest BCUT2D eigenvalue weighted by atomic mass is 32.2. The van der Waals surface area contributed by atoms with Crippen LogP contribution in [0.4, 0.5) is 5.82 Å². The third-order valence-electron chi connectivity index (χ3n) is 5.04. The molecule has 0 bridgehead atoms. The van der Waals surface area contributed by atoms with Crippen LogP contribution in [-0.2, 0) is 19.6 Å². The van der Waals surface area contributed by atoms with Crippen LogP contribution in [0.25, 0.3) is 0 Å². The molecular formula is C21H26N4O5S. The number of sulfonamides is 1. The van der Waals surface area contributed by atoms with Gasteiger partial charge in [0.15, 0.2) is 0 Å². The van der Waals surface area contributed by atoms with Gasteiger partial charge in [-0.15, -0.1) is 0 Å². The largest absolute Gasteiger partial charge is 0.497 e. The monoisotopic (exact) mass is 446 g/mol. The normalized spacial score (nSPS) is 17.0. The molecule has 0 aliphatic carbocycles. The van der Waals surface area contributed by atoms with Crippen molar-refractivity contribution in [1.82, 2.24) is 14.6 Å². The molecule has 2 N–H and O–H groups in total. The number of pyridine rings is 1. The van der Waals surface area contributed by atoms with Crippen molar-refractivity contribution in [2.75, 3.05) is 32.1 Å². The summed E-state index contributed by atoms with van der Waals surface area (Å²) in [7, 11) is -2.18. The van der Waals surface area contributed by atoms with Gasteiger partial charge >= 0.3 is 0 Å². The molecule has 1 aromatic heterocycles. The molecule has 0 saturated carbocycles. The van der Waals surface area contributed by atoms with Crippen LogP contribution in [0.2, 0.25) is 0 Å². The van der Waals surface area contributed by atoms with Gasteiger partial charge in [-0.3, -0.25) is 9.59 Å². The minimum absolute atomic E-state index is 0.100. The summed E-state index contributed by atoms with van der Waals surface area (Å²) in [6.45, 7) is 0.643. The van der Waals surface area contributed by atoms with Crippen LogP contribution in [0.3, 0.4) is 0 Å². The van der Waals surface area contributed by atoms with Crippen molar-refractivity contribution in [2.45, 2.75) is 24.2 Å². The van der Waals surface area contributed by atoms with E-state index in [1.54, 1.807) is 36.5 Å². The fourth-order valence-electron chi connectivity index (χ4n) is 3.36. The van der Waals surface area contributed by atoms with Crippen molar-refractivity contribution >= 4 is 27.7 Å². The Labute approximate surface area is 181 Å². The van der Waals surface area contributed by atoms with Gasteiger partial charge in [-0.2, -0.15) is 4.31 Å². The number of hydrogen-bond donors (Lipinski definition) is 2. The summed E-state index contributed by atoms with van der Waals surface area (Å²) in [5.74, 6) is 0.0552. The fraction of sp³-hybridized carbons (Fsp3) is 0.381. The molecule has 1 atom stereocenters. The Morgan fingerprint density at radius 3 is 2.65 bits per heavy atom. The summed E-state index contributed by atoms with van der Waals surface area (Å²) in [6.07, 6.45) is 2.86. The van der Waals surface area contributed by atoms with Gasteiger partial charge in [-0.25, -0.2) is 13.4 Å². The maximum atomic E-state index is 12.9. The van der Waals surface area contributed by atoms with Crippen LogP contribution < -0.4 is 15.4 Å². The summed E-state index contributed by atoms with van der Waals surface area (Å²) >= 11 is 0. The Kier molecular flexibility index (Phi) is 7.59. The average Bonchev–Trinajstić information content (AvgIpc) is 2.79. The summed E-state index contributed by atoms with van der Waals surface area (Å²) in [6, 6.07) is 11.4. The van der Waals surface area contributed by atoms with Gasteiger partial charge in [0, 0.05) is 32.3 Å². The standard InChI is InChI=1S/C21H26N4O5S/c1-30-17-7-9-18(10-8-17)31(28,29)25-14-4-5-16(15-25)21(27)23-13-11-20(26)24-19-6-2-3-12-22-19/h2-3,6-10,12,16H,4-5,11,13-15H2,1H3,(H,23,27)(H,22,24,26)/t16-/m0/s1. The van der Waals surface area contributed by atoms with Crippen LogP contribution in [0.1, 0.15) is 19.3 Å². The van der Waals surface area contributed by atoms with Crippen molar-refractivity contribution in [2.24, 2.45) is 5.92 Å². The molecule has 10 heteroatoms. The van der Waals surface area contributed by atoms with E-state index < -0.39 is 15.9 Å². The van der Waals surface area contributed by atoms with Crippen molar-refractivity contribution in [3.63, 3.8) is 0 Å². The van der Waals surface area contributed by atoms with E-state index in [0.29, 0.717) is 31.0 Å². The second-order valence-electron chi connectivity index (χ2n) is 7.18. The minimum Gasteiger partial charge on any atom is -0.497 e. The van der Waals surface area contributed by atoms with Crippen LogP contribution in [0.5, 0.6) is 5.75 Å². The zero-order valence-corrected chi connectivity index (χ0v) is 18.1. The molecule has 2 heterocycles. The molecule has 31 heavy (non-hydrogen) atoms. The zero-order valence-electron chi connectivity index (χ0n) is 17.3. The van der Waals surface area contributed by atoms with Gasteiger partial charge < -0.3 is 15.4 Å². The van der Waals surface area contributed by atoms with E-state index in [1.807, 2.05) is 0 Å². The summed E-state index contributed by atoms with van der Waals surface area (Å²) in [4.78, 5) is 28.7. The Balaban J connectivity index is 1.51. The molecular weight excluding hydrogens is 420 g/mol. The van der Waals surface area contributed by atoms with E-state index in [1.165, 1.54) is 23.5 Å². The number of hydrogen-bond acceptors (Lipinski definition) is 6. The van der Waals surface area contributed by atoms with Gasteiger partial charge in [0.2, 0.25) is 21.8 Å². The number of carbonyl (C=O) groups is 2. The molecule has 1 aliphatic heterocycles. The maximum absolute atomic E-state index is 12.9. The topological polar surface area (TPSA) is 118 Å². The first kappa shape index (κ1) is 22.7. The lowest BCUT2D eigenvalue weighted by Gasteiger charge is -2.31. The Morgan fingerprint density at radius 1 is 1.19 bits per heavy atom. The number of ether oxygens (including phenoxy) is 1. The Morgan fingerprint density at radius 2 is 1.97 bits per heavy atom. The quantitative estimate of drug-likeness (QED) is 0.637. The van der Waals surface area contributed by atoms with E-state index in [9.17, 15) is 18.0 Å². The molecule has 1 saturated heterocycles. The molecule has 0 radical (unpaired) electrons. The molecule has 0 unspecified atom stereocenters. The minimum atomic E-state index is -3.70. The van der Waals surface area contributed by atoms with Gasteiger partial charge in [0.1, 0.15) is 11.6 Å². The number of aromatic nitrogens is 1. The van der Waals surface area contributed by atoms with Crippen molar-refractivity contribution in [1.29, 1.82) is 0 Å². The highest BCUT2D eigenvalue weighted by molar-refractivity contribution is 7.89. The van der Waals surface area contributed by atoms with Gasteiger partial charge in [-0.1, -0.05) is 6.07 Å². The number of benzene rings is 1.